The van der Waals surface area contributed by atoms with Gasteiger partial charge in [0.2, 0.25) is 0 Å². The van der Waals surface area contributed by atoms with E-state index in [9.17, 15) is 4.79 Å². The number of carbonyl (C=O) groups excluding carboxylic acids is 1. The van der Waals surface area contributed by atoms with Crippen molar-refractivity contribution in [3.63, 3.8) is 0 Å². The molecule has 0 aliphatic carbocycles. The van der Waals surface area contributed by atoms with Gasteiger partial charge in [0.1, 0.15) is 5.75 Å². The third-order valence-corrected chi connectivity index (χ3v) is 3.28. The third kappa shape index (κ3) is 3.47. The SMILES string of the molecule is COc1ccc(/C(C=O)=C\c2ccc(OC)c(OC)c2)cc1. The van der Waals surface area contributed by atoms with Crippen molar-refractivity contribution < 1.29 is 19.0 Å². The first-order valence-electron chi connectivity index (χ1n) is 6.75. The number of methoxy groups -OCH3 is 3. The van der Waals surface area contributed by atoms with E-state index in [0.717, 1.165) is 23.2 Å². The van der Waals surface area contributed by atoms with Gasteiger partial charge in [-0.05, 0) is 41.5 Å². The van der Waals surface area contributed by atoms with Crippen molar-refractivity contribution in [3.05, 3.63) is 53.6 Å². The number of carbonyl (C=O) groups is 1. The number of rotatable bonds is 6. The van der Waals surface area contributed by atoms with Gasteiger partial charge in [0.15, 0.2) is 17.8 Å². The zero-order valence-electron chi connectivity index (χ0n) is 12.8. The van der Waals surface area contributed by atoms with E-state index in [2.05, 4.69) is 0 Å². The first kappa shape index (κ1) is 15.6. The molecule has 0 spiro atoms. The van der Waals surface area contributed by atoms with Gasteiger partial charge < -0.3 is 14.2 Å². The topological polar surface area (TPSA) is 44.8 Å². The van der Waals surface area contributed by atoms with Gasteiger partial charge in [0, 0.05) is 5.57 Å². The molecule has 0 radical (unpaired) electrons. The molecule has 114 valence electrons. The highest BCUT2D eigenvalue weighted by Gasteiger charge is 2.06. The fourth-order valence-electron chi connectivity index (χ4n) is 2.09. The summed E-state index contributed by atoms with van der Waals surface area (Å²) < 4.78 is 15.6. The minimum atomic E-state index is 0.579. The van der Waals surface area contributed by atoms with E-state index in [1.165, 1.54) is 0 Å². The Labute approximate surface area is 129 Å². The summed E-state index contributed by atoms with van der Waals surface area (Å²) in [5, 5.41) is 0. The van der Waals surface area contributed by atoms with Crippen LogP contribution < -0.4 is 14.2 Å². The molecular weight excluding hydrogens is 280 g/mol. The van der Waals surface area contributed by atoms with E-state index >= 15 is 0 Å². The molecule has 2 aromatic carbocycles. The van der Waals surface area contributed by atoms with E-state index in [4.69, 9.17) is 14.2 Å². The molecule has 2 rings (SSSR count). The van der Waals surface area contributed by atoms with Gasteiger partial charge in [0.25, 0.3) is 0 Å². The summed E-state index contributed by atoms with van der Waals surface area (Å²) >= 11 is 0. The summed E-state index contributed by atoms with van der Waals surface area (Å²) in [6.45, 7) is 0. The molecule has 0 aliphatic rings. The summed E-state index contributed by atoms with van der Waals surface area (Å²) in [4.78, 5) is 11.4. The molecular formula is C18H18O4. The van der Waals surface area contributed by atoms with Crippen LogP contribution in [0.25, 0.3) is 11.6 Å². The lowest BCUT2D eigenvalue weighted by molar-refractivity contribution is -0.103. The molecule has 2 aromatic rings. The molecule has 22 heavy (non-hydrogen) atoms. The van der Waals surface area contributed by atoms with E-state index in [0.29, 0.717) is 17.1 Å². The lowest BCUT2D eigenvalue weighted by atomic mass is 10.0. The summed E-state index contributed by atoms with van der Waals surface area (Å²) in [5.41, 5.74) is 2.26. The minimum Gasteiger partial charge on any atom is -0.497 e. The summed E-state index contributed by atoms with van der Waals surface area (Å²) in [6, 6.07) is 12.8. The summed E-state index contributed by atoms with van der Waals surface area (Å²) in [6.07, 6.45) is 2.63. The maximum Gasteiger partial charge on any atom is 0.161 e. The average molecular weight is 298 g/mol. The fourth-order valence-corrected chi connectivity index (χ4v) is 2.09. The number of benzene rings is 2. The summed E-state index contributed by atoms with van der Waals surface area (Å²) in [5.74, 6) is 2.02. The molecule has 0 aromatic heterocycles. The van der Waals surface area contributed by atoms with Crippen molar-refractivity contribution in [1.29, 1.82) is 0 Å². The lowest BCUT2D eigenvalue weighted by Gasteiger charge is -2.08. The quantitative estimate of drug-likeness (QED) is 0.465. The van der Waals surface area contributed by atoms with Crippen molar-refractivity contribution in [3.8, 4) is 17.2 Å². The molecule has 0 aliphatic heterocycles. The van der Waals surface area contributed by atoms with Crippen LogP contribution in [-0.2, 0) is 4.79 Å². The molecule has 4 nitrogen and oxygen atoms in total. The van der Waals surface area contributed by atoms with Gasteiger partial charge in [-0.15, -0.1) is 0 Å². The van der Waals surface area contributed by atoms with Crippen LogP contribution in [0.15, 0.2) is 42.5 Å². The number of hydrogen-bond acceptors (Lipinski definition) is 4. The van der Waals surface area contributed by atoms with Crippen molar-refractivity contribution >= 4 is 17.9 Å². The minimum absolute atomic E-state index is 0.579. The molecule has 0 N–H and O–H groups in total. The highest BCUT2D eigenvalue weighted by molar-refractivity contribution is 6.13. The monoisotopic (exact) mass is 298 g/mol. The van der Waals surface area contributed by atoms with Crippen LogP contribution >= 0.6 is 0 Å². The van der Waals surface area contributed by atoms with Crippen LogP contribution in [0.2, 0.25) is 0 Å². The smallest absolute Gasteiger partial charge is 0.161 e. The molecule has 0 atom stereocenters. The number of allylic oxidation sites excluding steroid dienone is 1. The van der Waals surface area contributed by atoms with Crippen LogP contribution in [0.3, 0.4) is 0 Å². The van der Waals surface area contributed by atoms with Gasteiger partial charge >= 0.3 is 0 Å². The van der Waals surface area contributed by atoms with Crippen LogP contribution in [0.5, 0.6) is 17.2 Å². The third-order valence-electron chi connectivity index (χ3n) is 3.28. The van der Waals surface area contributed by atoms with Crippen LogP contribution in [-0.4, -0.2) is 27.6 Å². The zero-order valence-corrected chi connectivity index (χ0v) is 12.8. The zero-order chi connectivity index (χ0) is 15.9. The standard InChI is InChI=1S/C18H18O4/c1-20-16-7-5-14(6-8-16)15(12-19)10-13-4-9-17(21-2)18(11-13)22-3/h4-12H,1-3H3/b15-10-. The molecule has 0 saturated carbocycles. The van der Waals surface area contributed by atoms with Crippen molar-refractivity contribution in [1.82, 2.24) is 0 Å². The van der Waals surface area contributed by atoms with Crippen LogP contribution in [0.1, 0.15) is 11.1 Å². The van der Waals surface area contributed by atoms with E-state index in [1.807, 2.05) is 36.4 Å². The van der Waals surface area contributed by atoms with Gasteiger partial charge in [-0.3, -0.25) is 4.79 Å². The molecule has 0 fully saturated rings. The molecule has 0 heterocycles. The molecule has 4 heteroatoms. The second-order valence-corrected chi connectivity index (χ2v) is 4.56. The van der Waals surface area contributed by atoms with Gasteiger partial charge in [0.05, 0.1) is 21.3 Å². The van der Waals surface area contributed by atoms with Gasteiger partial charge in [-0.25, -0.2) is 0 Å². The molecule has 0 bridgehead atoms. The van der Waals surface area contributed by atoms with E-state index in [-0.39, 0.29) is 0 Å². The Morgan fingerprint density at radius 3 is 2.09 bits per heavy atom. The predicted molar refractivity (Wildman–Crippen MR) is 86.5 cm³/mol. The Balaban J connectivity index is 2.37. The Hall–Kier alpha value is -2.75. The Morgan fingerprint density at radius 2 is 1.55 bits per heavy atom. The second kappa shape index (κ2) is 7.31. The maximum atomic E-state index is 11.4. The summed E-state index contributed by atoms with van der Waals surface area (Å²) in [7, 11) is 4.77. The molecule has 0 amide bonds. The van der Waals surface area contributed by atoms with E-state index in [1.54, 1.807) is 33.5 Å². The lowest BCUT2D eigenvalue weighted by Crippen LogP contribution is -1.91. The van der Waals surface area contributed by atoms with Crippen molar-refractivity contribution in [2.24, 2.45) is 0 Å². The fraction of sp³-hybridized carbons (Fsp3) is 0.167. The Kier molecular flexibility index (Phi) is 5.20. The number of hydrogen-bond donors (Lipinski definition) is 0. The second-order valence-electron chi connectivity index (χ2n) is 4.56. The Bertz CT molecular complexity index is 672. The highest BCUT2D eigenvalue weighted by Crippen LogP contribution is 2.29. The number of ether oxygens (including phenoxy) is 3. The Morgan fingerprint density at radius 1 is 0.864 bits per heavy atom. The van der Waals surface area contributed by atoms with Crippen molar-refractivity contribution in [2.45, 2.75) is 0 Å². The molecule has 0 unspecified atom stereocenters. The van der Waals surface area contributed by atoms with Gasteiger partial charge in [-0.2, -0.15) is 0 Å². The number of aldehydes is 1. The predicted octanol–water partition coefficient (Wildman–Crippen LogP) is 3.45. The maximum absolute atomic E-state index is 11.4. The normalized spacial score (nSPS) is 11.0. The first-order valence-corrected chi connectivity index (χ1v) is 6.75. The van der Waals surface area contributed by atoms with Crippen LogP contribution in [0, 0.1) is 0 Å². The highest BCUT2D eigenvalue weighted by atomic mass is 16.5. The molecule has 0 saturated heterocycles. The van der Waals surface area contributed by atoms with Crippen molar-refractivity contribution in [2.75, 3.05) is 21.3 Å². The van der Waals surface area contributed by atoms with Gasteiger partial charge in [-0.1, -0.05) is 18.2 Å². The largest absolute Gasteiger partial charge is 0.497 e. The first-order chi connectivity index (χ1) is 10.7. The average Bonchev–Trinajstić information content (AvgIpc) is 2.59. The van der Waals surface area contributed by atoms with Crippen LogP contribution in [0.4, 0.5) is 0 Å². The van der Waals surface area contributed by atoms with E-state index < -0.39 is 0 Å².